The molecule has 0 aliphatic heterocycles. The Labute approximate surface area is 156 Å². The van der Waals surface area contributed by atoms with Gasteiger partial charge in [-0.3, -0.25) is 4.79 Å². The van der Waals surface area contributed by atoms with Crippen molar-refractivity contribution in [2.45, 2.75) is 13.3 Å². The number of anilines is 1. The molecule has 2 aromatic rings. The molecule has 0 heterocycles. The van der Waals surface area contributed by atoms with Crippen molar-refractivity contribution in [3.8, 4) is 11.8 Å². The molecule has 26 heavy (non-hydrogen) atoms. The Morgan fingerprint density at radius 3 is 2.54 bits per heavy atom. The topological polar surface area (TPSA) is 88.4 Å². The van der Waals surface area contributed by atoms with Crippen LogP contribution in [0.1, 0.15) is 29.3 Å². The molecule has 0 atom stereocenters. The summed E-state index contributed by atoms with van der Waals surface area (Å²) in [6.07, 6.45) is 0.892. The lowest BCUT2D eigenvalue weighted by Gasteiger charge is -2.08. The molecule has 0 aliphatic rings. The summed E-state index contributed by atoms with van der Waals surface area (Å²) in [4.78, 5) is 23.8. The van der Waals surface area contributed by atoms with Gasteiger partial charge in [0.15, 0.2) is 6.61 Å². The van der Waals surface area contributed by atoms with Gasteiger partial charge in [-0.25, -0.2) is 4.79 Å². The van der Waals surface area contributed by atoms with Crippen molar-refractivity contribution in [1.29, 1.82) is 5.26 Å². The van der Waals surface area contributed by atoms with E-state index >= 15 is 0 Å². The van der Waals surface area contributed by atoms with Gasteiger partial charge >= 0.3 is 5.97 Å². The molecule has 134 valence electrons. The summed E-state index contributed by atoms with van der Waals surface area (Å²) in [5, 5.41) is 11.6. The van der Waals surface area contributed by atoms with E-state index in [2.05, 4.69) is 5.32 Å². The van der Waals surface area contributed by atoms with E-state index in [0.29, 0.717) is 29.2 Å². The van der Waals surface area contributed by atoms with E-state index in [4.69, 9.17) is 26.3 Å². The summed E-state index contributed by atoms with van der Waals surface area (Å²) in [5.41, 5.74) is 1.04. The van der Waals surface area contributed by atoms with Crippen molar-refractivity contribution in [3.05, 3.63) is 58.6 Å². The zero-order chi connectivity index (χ0) is 18.9. The van der Waals surface area contributed by atoms with Crippen LogP contribution in [0.15, 0.2) is 42.5 Å². The molecule has 0 unspecified atom stereocenters. The van der Waals surface area contributed by atoms with Gasteiger partial charge in [0, 0.05) is 5.69 Å². The molecule has 1 amide bonds. The van der Waals surface area contributed by atoms with Crippen LogP contribution in [-0.4, -0.2) is 25.1 Å². The van der Waals surface area contributed by atoms with Crippen LogP contribution in [0.3, 0.4) is 0 Å². The second-order valence-electron chi connectivity index (χ2n) is 5.30. The number of benzene rings is 2. The standard InChI is InChI=1S/C19H17ClN2O4/c1-2-9-25-16-7-4-13(5-8-16)19(24)26-12-18(23)22-15-6-3-14(11-21)17(20)10-15/h3-8,10H,2,9,12H2,1H3,(H,22,23). The lowest BCUT2D eigenvalue weighted by atomic mass is 10.2. The Morgan fingerprint density at radius 2 is 1.92 bits per heavy atom. The van der Waals surface area contributed by atoms with Crippen molar-refractivity contribution >= 4 is 29.2 Å². The Hall–Kier alpha value is -3.04. The van der Waals surface area contributed by atoms with Gasteiger partial charge in [-0.05, 0) is 48.9 Å². The third-order valence-electron chi connectivity index (χ3n) is 3.27. The van der Waals surface area contributed by atoms with Gasteiger partial charge in [-0.1, -0.05) is 18.5 Å². The summed E-state index contributed by atoms with van der Waals surface area (Å²) in [6, 6.07) is 12.9. The molecule has 2 aromatic carbocycles. The van der Waals surface area contributed by atoms with E-state index in [1.165, 1.54) is 12.1 Å². The minimum Gasteiger partial charge on any atom is -0.494 e. The summed E-state index contributed by atoms with van der Waals surface area (Å²) in [7, 11) is 0. The highest BCUT2D eigenvalue weighted by Crippen LogP contribution is 2.20. The number of halogens is 1. The van der Waals surface area contributed by atoms with E-state index in [-0.39, 0.29) is 5.02 Å². The summed E-state index contributed by atoms with van der Waals surface area (Å²) < 4.78 is 10.4. The van der Waals surface area contributed by atoms with Gasteiger partial charge in [0.05, 0.1) is 22.8 Å². The van der Waals surface area contributed by atoms with Gasteiger partial charge in [0.2, 0.25) is 0 Å². The Bertz CT molecular complexity index is 828. The monoisotopic (exact) mass is 372 g/mol. The number of amides is 1. The first kappa shape index (κ1) is 19.3. The molecule has 6 nitrogen and oxygen atoms in total. The number of nitrogens with one attached hydrogen (secondary N) is 1. The number of esters is 1. The van der Waals surface area contributed by atoms with Gasteiger partial charge in [-0.2, -0.15) is 5.26 Å². The third kappa shape index (κ3) is 5.50. The highest BCUT2D eigenvalue weighted by atomic mass is 35.5. The van der Waals surface area contributed by atoms with E-state index in [1.807, 2.05) is 13.0 Å². The van der Waals surface area contributed by atoms with Gasteiger partial charge < -0.3 is 14.8 Å². The predicted molar refractivity (Wildman–Crippen MR) is 97.3 cm³/mol. The summed E-state index contributed by atoms with van der Waals surface area (Å²) >= 11 is 5.90. The molecule has 0 saturated heterocycles. The van der Waals surface area contributed by atoms with Crippen LogP contribution >= 0.6 is 11.6 Å². The van der Waals surface area contributed by atoms with Crippen LogP contribution in [-0.2, 0) is 9.53 Å². The Kier molecular flexibility index (Phi) is 7.01. The predicted octanol–water partition coefficient (Wildman–Crippen LogP) is 3.80. The minimum absolute atomic E-state index is 0.229. The molecule has 0 radical (unpaired) electrons. The van der Waals surface area contributed by atoms with E-state index in [9.17, 15) is 9.59 Å². The zero-order valence-electron chi connectivity index (χ0n) is 14.1. The minimum atomic E-state index is -0.611. The molecule has 1 N–H and O–H groups in total. The van der Waals surface area contributed by atoms with E-state index in [1.54, 1.807) is 30.3 Å². The van der Waals surface area contributed by atoms with E-state index in [0.717, 1.165) is 6.42 Å². The van der Waals surface area contributed by atoms with Crippen LogP contribution in [0.5, 0.6) is 5.75 Å². The number of rotatable bonds is 7. The number of hydrogen-bond acceptors (Lipinski definition) is 5. The summed E-state index contributed by atoms with van der Waals surface area (Å²) in [6.45, 7) is 2.16. The van der Waals surface area contributed by atoms with Crippen molar-refractivity contribution < 1.29 is 19.1 Å². The number of carbonyl (C=O) groups excluding carboxylic acids is 2. The highest BCUT2D eigenvalue weighted by molar-refractivity contribution is 6.32. The van der Waals surface area contributed by atoms with Crippen LogP contribution in [0.2, 0.25) is 5.02 Å². The fraction of sp³-hybridized carbons (Fsp3) is 0.211. The van der Waals surface area contributed by atoms with Crippen LogP contribution in [0.25, 0.3) is 0 Å². The molecule has 7 heteroatoms. The largest absolute Gasteiger partial charge is 0.494 e. The maximum absolute atomic E-state index is 12.0. The van der Waals surface area contributed by atoms with Gasteiger partial charge in [-0.15, -0.1) is 0 Å². The number of nitriles is 1. The Balaban J connectivity index is 1.85. The first-order valence-corrected chi connectivity index (χ1v) is 8.30. The fourth-order valence-electron chi connectivity index (χ4n) is 2.00. The average Bonchev–Trinajstić information content (AvgIpc) is 2.65. The second-order valence-corrected chi connectivity index (χ2v) is 5.71. The van der Waals surface area contributed by atoms with E-state index < -0.39 is 18.5 Å². The first-order chi connectivity index (χ1) is 12.5. The normalized spacial score (nSPS) is 9.88. The molecule has 0 aliphatic carbocycles. The highest BCUT2D eigenvalue weighted by Gasteiger charge is 2.11. The SMILES string of the molecule is CCCOc1ccc(C(=O)OCC(=O)Nc2ccc(C#N)c(Cl)c2)cc1. The summed E-state index contributed by atoms with van der Waals surface area (Å²) in [5.74, 6) is -0.457. The molecule has 2 rings (SSSR count). The lowest BCUT2D eigenvalue weighted by molar-refractivity contribution is -0.119. The van der Waals surface area contributed by atoms with Crippen molar-refractivity contribution in [1.82, 2.24) is 0 Å². The van der Waals surface area contributed by atoms with Gasteiger partial charge in [0.1, 0.15) is 11.8 Å². The molecular weight excluding hydrogens is 356 g/mol. The van der Waals surface area contributed by atoms with Gasteiger partial charge in [0.25, 0.3) is 5.91 Å². The average molecular weight is 373 g/mol. The Morgan fingerprint density at radius 1 is 1.19 bits per heavy atom. The quantitative estimate of drug-likeness (QED) is 0.747. The molecular formula is C19H17ClN2O4. The second kappa shape index (κ2) is 9.44. The number of nitrogens with zero attached hydrogens (tertiary/aromatic N) is 1. The molecule has 0 spiro atoms. The third-order valence-corrected chi connectivity index (χ3v) is 3.58. The molecule has 0 bridgehead atoms. The lowest BCUT2D eigenvalue weighted by Crippen LogP contribution is -2.20. The molecule has 0 aromatic heterocycles. The molecule has 0 saturated carbocycles. The number of carbonyl (C=O) groups is 2. The first-order valence-electron chi connectivity index (χ1n) is 7.93. The van der Waals surface area contributed by atoms with Crippen molar-refractivity contribution in [2.24, 2.45) is 0 Å². The number of hydrogen-bond donors (Lipinski definition) is 1. The maximum atomic E-state index is 12.0. The van der Waals surface area contributed by atoms with Crippen molar-refractivity contribution in [2.75, 3.05) is 18.5 Å². The maximum Gasteiger partial charge on any atom is 0.338 e. The fourth-order valence-corrected chi connectivity index (χ4v) is 2.22. The van der Waals surface area contributed by atoms with Crippen molar-refractivity contribution in [3.63, 3.8) is 0 Å². The number of ether oxygens (including phenoxy) is 2. The molecule has 0 fully saturated rings. The van der Waals surface area contributed by atoms with Crippen LogP contribution in [0, 0.1) is 11.3 Å². The van der Waals surface area contributed by atoms with Crippen LogP contribution in [0.4, 0.5) is 5.69 Å². The smallest absolute Gasteiger partial charge is 0.338 e. The van der Waals surface area contributed by atoms with Crippen LogP contribution < -0.4 is 10.1 Å². The zero-order valence-corrected chi connectivity index (χ0v) is 14.9.